The van der Waals surface area contributed by atoms with E-state index in [1.54, 1.807) is 18.2 Å². The van der Waals surface area contributed by atoms with Crippen LogP contribution in [0.4, 0.5) is 0 Å². The van der Waals surface area contributed by atoms with Crippen LogP contribution in [0.25, 0.3) is 11.1 Å². The Morgan fingerprint density at radius 2 is 1.67 bits per heavy atom. The van der Waals surface area contributed by atoms with E-state index in [1.807, 2.05) is 42.6 Å². The highest BCUT2D eigenvalue weighted by Crippen LogP contribution is 2.32. The number of nitrogens with one attached hydrogen (secondary N) is 2. The van der Waals surface area contributed by atoms with Gasteiger partial charge >= 0.3 is 0 Å². The van der Waals surface area contributed by atoms with Gasteiger partial charge in [-0.05, 0) is 42.1 Å². The Morgan fingerprint density at radius 3 is 2.48 bits per heavy atom. The number of hydrazine groups is 1. The average molecular weight is 380 g/mol. The molecule has 4 rings (SSSR count). The number of aryl methyl sites for hydroxylation is 1. The molecule has 2 aromatic carbocycles. The predicted molar refractivity (Wildman–Crippen MR) is 102 cm³/mol. The quantitative estimate of drug-likeness (QED) is 0.682. The van der Waals surface area contributed by atoms with E-state index in [-0.39, 0.29) is 12.7 Å². The van der Waals surface area contributed by atoms with Crippen molar-refractivity contribution < 1.29 is 19.1 Å². The number of hydrogen-bond donors (Lipinski definition) is 2. The molecule has 0 aliphatic carbocycles. The molecule has 136 valence electrons. The van der Waals surface area contributed by atoms with Crippen molar-refractivity contribution in [3.8, 4) is 22.6 Å². The lowest BCUT2D eigenvalue weighted by Crippen LogP contribution is -2.41. The zero-order chi connectivity index (χ0) is 18.8. The monoisotopic (exact) mass is 380 g/mol. The minimum absolute atomic E-state index is 0.136. The molecule has 2 N–H and O–H groups in total. The van der Waals surface area contributed by atoms with E-state index in [0.29, 0.717) is 21.9 Å². The van der Waals surface area contributed by atoms with Crippen molar-refractivity contribution >= 4 is 23.2 Å². The zero-order valence-corrected chi connectivity index (χ0v) is 15.3. The largest absolute Gasteiger partial charge is 0.454 e. The normalized spacial score (nSPS) is 11.9. The van der Waals surface area contributed by atoms with Gasteiger partial charge in [-0.2, -0.15) is 0 Å². The lowest BCUT2D eigenvalue weighted by atomic mass is 10.1. The summed E-state index contributed by atoms with van der Waals surface area (Å²) in [6, 6.07) is 14.7. The third-order valence-electron chi connectivity index (χ3n) is 4.16. The van der Waals surface area contributed by atoms with Crippen molar-refractivity contribution in [3.63, 3.8) is 0 Å². The summed E-state index contributed by atoms with van der Waals surface area (Å²) in [6.45, 7) is 2.15. The van der Waals surface area contributed by atoms with Gasteiger partial charge in [-0.1, -0.05) is 29.8 Å². The fourth-order valence-electron chi connectivity index (χ4n) is 2.73. The van der Waals surface area contributed by atoms with Crippen LogP contribution in [0.5, 0.6) is 11.5 Å². The number of rotatable bonds is 3. The third-order valence-corrected chi connectivity index (χ3v) is 5.07. The Labute approximate surface area is 159 Å². The number of amides is 2. The predicted octanol–water partition coefficient (Wildman–Crippen LogP) is 3.53. The fraction of sp³-hybridized carbons (Fsp3) is 0.100. The Balaban J connectivity index is 1.45. The first-order valence-electron chi connectivity index (χ1n) is 8.27. The minimum atomic E-state index is -0.435. The van der Waals surface area contributed by atoms with Gasteiger partial charge in [0, 0.05) is 11.1 Å². The van der Waals surface area contributed by atoms with Crippen LogP contribution in [0.1, 0.15) is 25.6 Å². The molecule has 1 aliphatic heterocycles. The molecule has 0 saturated heterocycles. The van der Waals surface area contributed by atoms with E-state index < -0.39 is 5.91 Å². The van der Waals surface area contributed by atoms with Gasteiger partial charge in [0.25, 0.3) is 11.8 Å². The van der Waals surface area contributed by atoms with Gasteiger partial charge in [-0.3, -0.25) is 20.4 Å². The summed E-state index contributed by atoms with van der Waals surface area (Å²) in [6.07, 6.45) is 0. The molecule has 0 saturated carbocycles. The molecule has 27 heavy (non-hydrogen) atoms. The standard InChI is InChI=1S/C20H16N2O4S/c1-12-2-4-13(5-3-12)15-8-9-27-18(15)20(24)22-21-19(23)14-6-7-16-17(10-14)26-11-25-16/h2-10H,11H2,1H3,(H,21,23)(H,22,24). The first kappa shape index (κ1) is 17.1. The van der Waals surface area contributed by atoms with Gasteiger partial charge in [-0.15, -0.1) is 11.3 Å². The van der Waals surface area contributed by atoms with Crippen molar-refractivity contribution in [2.24, 2.45) is 0 Å². The van der Waals surface area contributed by atoms with E-state index >= 15 is 0 Å². The van der Waals surface area contributed by atoms with Crippen LogP contribution in [0.3, 0.4) is 0 Å². The molecular weight excluding hydrogens is 364 g/mol. The summed E-state index contributed by atoms with van der Waals surface area (Å²) >= 11 is 1.32. The van der Waals surface area contributed by atoms with Crippen molar-refractivity contribution in [2.45, 2.75) is 6.92 Å². The van der Waals surface area contributed by atoms with Crippen LogP contribution in [-0.2, 0) is 0 Å². The Kier molecular flexibility index (Phi) is 4.52. The number of hydrogen-bond acceptors (Lipinski definition) is 5. The molecule has 1 aliphatic rings. The summed E-state index contributed by atoms with van der Waals surface area (Å²) in [4.78, 5) is 25.4. The minimum Gasteiger partial charge on any atom is -0.454 e. The topological polar surface area (TPSA) is 76.7 Å². The summed E-state index contributed by atoms with van der Waals surface area (Å²) < 4.78 is 10.5. The summed E-state index contributed by atoms with van der Waals surface area (Å²) in [5.41, 5.74) is 8.21. The van der Waals surface area contributed by atoms with E-state index in [4.69, 9.17) is 9.47 Å². The van der Waals surface area contributed by atoms with Crippen LogP contribution in [0, 0.1) is 6.92 Å². The van der Waals surface area contributed by atoms with Gasteiger partial charge in [0.1, 0.15) is 4.88 Å². The molecule has 7 heteroatoms. The first-order chi connectivity index (χ1) is 13.1. The number of carbonyl (C=O) groups excluding carboxylic acids is 2. The summed E-state index contributed by atoms with van der Waals surface area (Å²) in [7, 11) is 0. The Bertz CT molecular complexity index is 1010. The van der Waals surface area contributed by atoms with Gasteiger partial charge in [0.05, 0.1) is 0 Å². The van der Waals surface area contributed by atoms with Crippen molar-refractivity contribution in [2.75, 3.05) is 6.79 Å². The van der Waals surface area contributed by atoms with Gasteiger partial charge < -0.3 is 9.47 Å². The third kappa shape index (κ3) is 3.50. The number of benzene rings is 2. The van der Waals surface area contributed by atoms with E-state index in [0.717, 1.165) is 16.7 Å². The van der Waals surface area contributed by atoms with Crippen LogP contribution >= 0.6 is 11.3 Å². The molecule has 0 bridgehead atoms. The first-order valence-corrected chi connectivity index (χ1v) is 9.14. The highest BCUT2D eigenvalue weighted by Gasteiger charge is 2.18. The number of thiophene rings is 1. The maximum Gasteiger partial charge on any atom is 0.280 e. The highest BCUT2D eigenvalue weighted by atomic mass is 32.1. The summed E-state index contributed by atoms with van der Waals surface area (Å²) in [5, 5.41) is 1.85. The molecule has 0 spiro atoms. The van der Waals surface area contributed by atoms with Gasteiger partial charge in [0.15, 0.2) is 11.5 Å². The van der Waals surface area contributed by atoms with Crippen LogP contribution in [0.2, 0.25) is 0 Å². The summed E-state index contributed by atoms with van der Waals surface area (Å²) in [5.74, 6) is 0.301. The lowest BCUT2D eigenvalue weighted by molar-refractivity contribution is 0.0849. The second-order valence-corrected chi connectivity index (χ2v) is 6.92. The maximum absolute atomic E-state index is 12.5. The smallest absolute Gasteiger partial charge is 0.280 e. The molecule has 0 atom stereocenters. The SMILES string of the molecule is Cc1ccc(-c2ccsc2C(=O)NNC(=O)c2ccc3c(c2)OCO3)cc1. The number of fused-ring (bicyclic) bond motifs is 1. The van der Waals surface area contributed by atoms with Gasteiger partial charge in [0.2, 0.25) is 6.79 Å². The number of ether oxygens (including phenoxy) is 2. The van der Waals surface area contributed by atoms with E-state index in [2.05, 4.69) is 10.9 Å². The van der Waals surface area contributed by atoms with Crippen molar-refractivity contribution in [1.82, 2.24) is 10.9 Å². The second-order valence-electron chi connectivity index (χ2n) is 6.01. The molecule has 0 unspecified atom stereocenters. The van der Waals surface area contributed by atoms with Crippen LogP contribution in [-0.4, -0.2) is 18.6 Å². The Hall–Kier alpha value is -3.32. The van der Waals surface area contributed by atoms with Crippen LogP contribution < -0.4 is 20.3 Å². The molecule has 2 heterocycles. The second kappa shape index (κ2) is 7.13. The maximum atomic E-state index is 12.5. The van der Waals surface area contributed by atoms with E-state index in [1.165, 1.54) is 11.3 Å². The lowest BCUT2D eigenvalue weighted by Gasteiger charge is -2.09. The molecular formula is C20H16N2O4S. The van der Waals surface area contributed by atoms with Crippen LogP contribution in [0.15, 0.2) is 53.9 Å². The molecule has 0 fully saturated rings. The number of carbonyl (C=O) groups is 2. The van der Waals surface area contributed by atoms with E-state index in [9.17, 15) is 9.59 Å². The molecule has 3 aromatic rings. The fourth-order valence-corrected chi connectivity index (χ4v) is 3.54. The molecule has 2 amide bonds. The van der Waals surface area contributed by atoms with Crippen molar-refractivity contribution in [1.29, 1.82) is 0 Å². The van der Waals surface area contributed by atoms with Crippen molar-refractivity contribution in [3.05, 3.63) is 69.9 Å². The highest BCUT2D eigenvalue weighted by molar-refractivity contribution is 7.12. The average Bonchev–Trinajstić information content (AvgIpc) is 3.35. The molecule has 1 aromatic heterocycles. The van der Waals surface area contributed by atoms with Gasteiger partial charge in [-0.25, -0.2) is 0 Å². The molecule has 6 nitrogen and oxygen atoms in total. The Morgan fingerprint density at radius 1 is 0.926 bits per heavy atom. The molecule has 0 radical (unpaired) electrons. The zero-order valence-electron chi connectivity index (χ0n) is 14.4.